The Morgan fingerprint density at radius 3 is 2.70 bits per heavy atom. The van der Waals surface area contributed by atoms with E-state index in [0.717, 1.165) is 11.3 Å². The van der Waals surface area contributed by atoms with Gasteiger partial charge in [-0.25, -0.2) is 4.79 Å². The number of β-amino-alcohol motifs (C(OH)–C–C–N with tert-alkyl or cyclic N) is 1. The number of hydrogen-bond acceptors (Lipinski definition) is 4. The van der Waals surface area contributed by atoms with Crippen molar-refractivity contribution >= 4 is 6.09 Å². The first kappa shape index (κ1) is 14.8. The number of likely N-dealkylation sites (tertiary alicyclic amines) is 1. The van der Waals surface area contributed by atoms with E-state index >= 15 is 0 Å². The standard InChI is InChI=1S/C15H22N2O3/c1-11-5-6-12(9-16-11)15(19)7-8-17(10-15)13(18)20-14(2,3)4/h5-6,9,19H,7-8,10H2,1-4H3/t15-/m0/s1. The number of nitrogens with zero attached hydrogens (tertiary/aromatic N) is 2. The lowest BCUT2D eigenvalue weighted by molar-refractivity contribution is 0.0139. The van der Waals surface area contributed by atoms with E-state index < -0.39 is 11.2 Å². The first-order valence-electron chi connectivity index (χ1n) is 6.83. The molecule has 1 saturated heterocycles. The quantitative estimate of drug-likeness (QED) is 0.855. The predicted octanol–water partition coefficient (Wildman–Crippen LogP) is 2.22. The summed E-state index contributed by atoms with van der Waals surface area (Å²) in [5.41, 5.74) is 0.0920. The Morgan fingerprint density at radius 2 is 2.15 bits per heavy atom. The zero-order chi connectivity index (χ0) is 15.0. The second-order valence-electron chi connectivity index (χ2n) is 6.37. The monoisotopic (exact) mass is 278 g/mol. The van der Waals surface area contributed by atoms with Crippen LogP contribution in [-0.4, -0.2) is 39.8 Å². The lowest BCUT2D eigenvalue weighted by atomic mass is 9.94. The summed E-state index contributed by atoms with van der Waals surface area (Å²) in [5, 5.41) is 10.7. The van der Waals surface area contributed by atoms with Gasteiger partial charge in [0.1, 0.15) is 11.2 Å². The van der Waals surface area contributed by atoms with E-state index in [1.807, 2.05) is 39.8 Å². The summed E-state index contributed by atoms with van der Waals surface area (Å²) in [6.07, 6.45) is 1.79. The summed E-state index contributed by atoms with van der Waals surface area (Å²) >= 11 is 0. The molecular formula is C15H22N2O3. The highest BCUT2D eigenvalue weighted by atomic mass is 16.6. The minimum absolute atomic E-state index is 0.243. The molecule has 2 rings (SSSR count). The third kappa shape index (κ3) is 3.28. The van der Waals surface area contributed by atoms with E-state index in [1.54, 1.807) is 11.1 Å². The van der Waals surface area contributed by atoms with Crippen LogP contribution in [0.5, 0.6) is 0 Å². The van der Waals surface area contributed by atoms with Crippen molar-refractivity contribution < 1.29 is 14.6 Å². The molecule has 1 aliphatic heterocycles. The van der Waals surface area contributed by atoms with Crippen LogP contribution < -0.4 is 0 Å². The second-order valence-corrected chi connectivity index (χ2v) is 6.37. The molecule has 0 saturated carbocycles. The van der Waals surface area contributed by atoms with Crippen LogP contribution in [0.15, 0.2) is 18.3 Å². The molecule has 5 heteroatoms. The summed E-state index contributed by atoms with van der Waals surface area (Å²) in [4.78, 5) is 17.8. The number of carbonyl (C=O) groups is 1. The van der Waals surface area contributed by atoms with Gasteiger partial charge in [0.25, 0.3) is 0 Å². The highest BCUT2D eigenvalue weighted by molar-refractivity contribution is 5.68. The number of aliphatic hydroxyl groups is 1. The van der Waals surface area contributed by atoms with Gasteiger partial charge in [-0.3, -0.25) is 4.98 Å². The van der Waals surface area contributed by atoms with Gasteiger partial charge >= 0.3 is 6.09 Å². The fourth-order valence-corrected chi connectivity index (χ4v) is 2.25. The van der Waals surface area contributed by atoms with Crippen molar-refractivity contribution in [2.75, 3.05) is 13.1 Å². The van der Waals surface area contributed by atoms with Crippen molar-refractivity contribution in [1.82, 2.24) is 9.88 Å². The molecule has 1 amide bonds. The molecule has 0 unspecified atom stereocenters. The van der Waals surface area contributed by atoms with E-state index in [1.165, 1.54) is 0 Å². The molecule has 1 aromatic heterocycles. The van der Waals surface area contributed by atoms with Crippen molar-refractivity contribution in [3.8, 4) is 0 Å². The third-order valence-corrected chi connectivity index (χ3v) is 3.35. The maximum Gasteiger partial charge on any atom is 0.410 e. The summed E-state index contributed by atoms with van der Waals surface area (Å²) in [5.74, 6) is 0. The van der Waals surface area contributed by atoms with Crippen LogP contribution in [0.2, 0.25) is 0 Å². The Balaban J connectivity index is 2.07. The van der Waals surface area contributed by atoms with Crippen molar-refractivity contribution in [3.63, 3.8) is 0 Å². The molecule has 0 bridgehead atoms. The number of aromatic nitrogens is 1. The number of amides is 1. The smallest absolute Gasteiger partial charge is 0.410 e. The molecule has 1 fully saturated rings. The van der Waals surface area contributed by atoms with Gasteiger partial charge in [-0.15, -0.1) is 0 Å². The Hall–Kier alpha value is -1.62. The first-order valence-corrected chi connectivity index (χ1v) is 6.83. The van der Waals surface area contributed by atoms with E-state index in [0.29, 0.717) is 13.0 Å². The zero-order valence-electron chi connectivity index (χ0n) is 12.5. The van der Waals surface area contributed by atoms with Gasteiger partial charge in [-0.1, -0.05) is 6.07 Å². The van der Waals surface area contributed by atoms with Crippen LogP contribution in [0, 0.1) is 6.92 Å². The number of ether oxygens (including phenoxy) is 1. The van der Waals surface area contributed by atoms with Crippen LogP contribution in [0.1, 0.15) is 38.4 Å². The number of rotatable bonds is 1. The van der Waals surface area contributed by atoms with Crippen LogP contribution in [0.3, 0.4) is 0 Å². The molecule has 1 atom stereocenters. The highest BCUT2D eigenvalue weighted by Gasteiger charge is 2.41. The average Bonchev–Trinajstić information content (AvgIpc) is 2.72. The van der Waals surface area contributed by atoms with Gasteiger partial charge in [-0.05, 0) is 40.2 Å². The summed E-state index contributed by atoms with van der Waals surface area (Å²) in [6, 6.07) is 3.73. The van der Waals surface area contributed by atoms with Crippen LogP contribution in [-0.2, 0) is 10.3 Å². The number of hydrogen-bond donors (Lipinski definition) is 1. The number of aryl methyl sites for hydroxylation is 1. The summed E-state index contributed by atoms with van der Waals surface area (Å²) < 4.78 is 5.33. The molecule has 5 nitrogen and oxygen atoms in total. The topological polar surface area (TPSA) is 62.7 Å². The van der Waals surface area contributed by atoms with E-state index in [-0.39, 0.29) is 12.6 Å². The highest BCUT2D eigenvalue weighted by Crippen LogP contribution is 2.32. The van der Waals surface area contributed by atoms with Gasteiger partial charge in [-0.2, -0.15) is 0 Å². The fraction of sp³-hybridized carbons (Fsp3) is 0.600. The molecule has 0 aromatic carbocycles. The van der Waals surface area contributed by atoms with Crippen molar-refractivity contribution in [2.24, 2.45) is 0 Å². The maximum atomic E-state index is 12.0. The molecule has 110 valence electrons. The van der Waals surface area contributed by atoms with Gasteiger partial charge in [0.05, 0.1) is 6.54 Å². The molecule has 1 aromatic rings. The SMILES string of the molecule is Cc1ccc([C@]2(O)CCN(C(=O)OC(C)(C)C)C2)cn1. The van der Waals surface area contributed by atoms with E-state index in [2.05, 4.69) is 4.98 Å². The molecule has 20 heavy (non-hydrogen) atoms. The van der Waals surface area contributed by atoms with E-state index in [9.17, 15) is 9.90 Å². The maximum absolute atomic E-state index is 12.0. The first-order chi connectivity index (χ1) is 9.20. The van der Waals surface area contributed by atoms with Crippen LogP contribution in [0.4, 0.5) is 4.79 Å². The minimum atomic E-state index is -1.03. The Kier molecular flexibility index (Phi) is 3.73. The van der Waals surface area contributed by atoms with E-state index in [4.69, 9.17) is 4.74 Å². The fourth-order valence-electron chi connectivity index (χ4n) is 2.25. The number of pyridine rings is 1. The average molecular weight is 278 g/mol. The molecule has 0 radical (unpaired) electrons. The Labute approximate surface area is 119 Å². The van der Waals surface area contributed by atoms with Gasteiger partial charge in [0, 0.05) is 24.0 Å². The second kappa shape index (κ2) is 5.05. The van der Waals surface area contributed by atoms with Gasteiger partial charge < -0.3 is 14.7 Å². The lowest BCUT2D eigenvalue weighted by Crippen LogP contribution is -2.38. The van der Waals surface area contributed by atoms with Crippen molar-refractivity contribution in [1.29, 1.82) is 0 Å². The molecule has 0 aliphatic carbocycles. The van der Waals surface area contributed by atoms with Crippen LogP contribution in [0.25, 0.3) is 0 Å². The molecule has 0 spiro atoms. The normalized spacial score (nSPS) is 22.9. The Morgan fingerprint density at radius 1 is 1.45 bits per heavy atom. The molecule has 2 heterocycles. The van der Waals surface area contributed by atoms with Gasteiger partial charge in [0.2, 0.25) is 0 Å². The predicted molar refractivity (Wildman–Crippen MR) is 75.3 cm³/mol. The van der Waals surface area contributed by atoms with Gasteiger partial charge in [0.15, 0.2) is 0 Å². The summed E-state index contributed by atoms with van der Waals surface area (Å²) in [6.45, 7) is 8.12. The minimum Gasteiger partial charge on any atom is -0.444 e. The number of carbonyl (C=O) groups excluding carboxylic acids is 1. The van der Waals surface area contributed by atoms with Crippen LogP contribution >= 0.6 is 0 Å². The molecule has 1 aliphatic rings. The third-order valence-electron chi connectivity index (χ3n) is 3.35. The lowest BCUT2D eigenvalue weighted by Gasteiger charge is -2.26. The van der Waals surface area contributed by atoms with Crippen molar-refractivity contribution in [2.45, 2.75) is 45.3 Å². The Bertz CT molecular complexity index is 493. The zero-order valence-corrected chi connectivity index (χ0v) is 12.5. The van der Waals surface area contributed by atoms with Crippen molar-refractivity contribution in [3.05, 3.63) is 29.6 Å². The summed E-state index contributed by atoms with van der Waals surface area (Å²) in [7, 11) is 0. The molecule has 1 N–H and O–H groups in total. The largest absolute Gasteiger partial charge is 0.444 e. The molecular weight excluding hydrogens is 256 g/mol.